The van der Waals surface area contributed by atoms with Crippen molar-refractivity contribution in [1.82, 2.24) is 0 Å². The summed E-state index contributed by atoms with van der Waals surface area (Å²) < 4.78 is 6.99. The summed E-state index contributed by atoms with van der Waals surface area (Å²) >= 11 is 5.17. The summed E-state index contributed by atoms with van der Waals surface area (Å²) in [7, 11) is 0. The SMILES string of the molecule is NC1CCCc2ccc(OCc3ccc(Br)s3)cc21. The van der Waals surface area contributed by atoms with E-state index in [4.69, 9.17) is 10.5 Å². The highest BCUT2D eigenvalue weighted by atomic mass is 79.9. The minimum absolute atomic E-state index is 0.170. The maximum Gasteiger partial charge on any atom is 0.122 e. The van der Waals surface area contributed by atoms with E-state index < -0.39 is 0 Å². The van der Waals surface area contributed by atoms with Crippen molar-refractivity contribution in [2.24, 2.45) is 5.73 Å². The normalized spacial score (nSPS) is 18.1. The van der Waals surface area contributed by atoms with Crippen molar-refractivity contribution in [3.8, 4) is 5.75 Å². The van der Waals surface area contributed by atoms with Gasteiger partial charge < -0.3 is 10.5 Å². The van der Waals surface area contributed by atoms with Crippen LogP contribution in [0.5, 0.6) is 5.75 Å². The molecular weight excluding hydrogens is 322 g/mol. The number of halogens is 1. The smallest absolute Gasteiger partial charge is 0.122 e. The Balaban J connectivity index is 1.73. The van der Waals surface area contributed by atoms with Crippen molar-refractivity contribution in [3.05, 3.63) is 50.1 Å². The number of ether oxygens (including phenoxy) is 1. The number of fused-ring (bicyclic) bond motifs is 1. The fourth-order valence-electron chi connectivity index (χ4n) is 2.49. The van der Waals surface area contributed by atoms with Gasteiger partial charge in [-0.25, -0.2) is 0 Å². The molecule has 0 radical (unpaired) electrons. The standard InChI is InChI=1S/C15H16BrNOS/c16-15-7-6-12(19-15)9-18-11-5-4-10-2-1-3-14(17)13(10)8-11/h4-8,14H,1-3,9,17H2. The minimum Gasteiger partial charge on any atom is -0.488 e. The van der Waals surface area contributed by atoms with Gasteiger partial charge >= 0.3 is 0 Å². The van der Waals surface area contributed by atoms with Crippen LogP contribution in [0.3, 0.4) is 0 Å². The highest BCUT2D eigenvalue weighted by Crippen LogP contribution is 2.31. The van der Waals surface area contributed by atoms with Gasteiger partial charge in [-0.05, 0) is 70.6 Å². The number of nitrogens with two attached hydrogens (primary N) is 1. The first-order chi connectivity index (χ1) is 9.22. The Bertz CT molecular complexity index is 581. The largest absolute Gasteiger partial charge is 0.488 e. The molecule has 0 fully saturated rings. The Kier molecular flexibility index (Phi) is 3.91. The first-order valence-corrected chi connectivity index (χ1v) is 8.09. The van der Waals surface area contributed by atoms with Crippen LogP contribution in [0.25, 0.3) is 0 Å². The van der Waals surface area contributed by atoms with Gasteiger partial charge in [0, 0.05) is 10.9 Å². The molecule has 0 amide bonds. The Labute approximate surface area is 125 Å². The van der Waals surface area contributed by atoms with Crippen LogP contribution in [0, 0.1) is 0 Å². The molecule has 1 aromatic carbocycles. The quantitative estimate of drug-likeness (QED) is 0.899. The fourth-order valence-corrected chi connectivity index (χ4v) is 3.88. The monoisotopic (exact) mass is 337 g/mol. The first-order valence-electron chi connectivity index (χ1n) is 6.48. The van der Waals surface area contributed by atoms with Gasteiger partial charge in [0.25, 0.3) is 0 Å². The zero-order valence-corrected chi connectivity index (χ0v) is 13.0. The summed E-state index contributed by atoms with van der Waals surface area (Å²) in [6.07, 6.45) is 3.41. The predicted molar refractivity (Wildman–Crippen MR) is 82.7 cm³/mol. The number of thiophene rings is 1. The highest BCUT2D eigenvalue weighted by Gasteiger charge is 2.17. The van der Waals surface area contributed by atoms with E-state index in [0.29, 0.717) is 6.61 Å². The predicted octanol–water partition coefficient (Wildman–Crippen LogP) is 4.43. The minimum atomic E-state index is 0.170. The van der Waals surface area contributed by atoms with Gasteiger partial charge in [0.15, 0.2) is 0 Å². The van der Waals surface area contributed by atoms with Gasteiger partial charge in [0.05, 0.1) is 3.79 Å². The van der Waals surface area contributed by atoms with Crippen molar-refractivity contribution in [2.45, 2.75) is 31.9 Å². The van der Waals surface area contributed by atoms with Crippen LogP contribution >= 0.6 is 27.3 Å². The van der Waals surface area contributed by atoms with E-state index in [1.807, 2.05) is 6.07 Å². The van der Waals surface area contributed by atoms with E-state index in [-0.39, 0.29) is 6.04 Å². The van der Waals surface area contributed by atoms with Crippen LogP contribution < -0.4 is 10.5 Å². The lowest BCUT2D eigenvalue weighted by Gasteiger charge is -2.22. The number of aryl methyl sites for hydroxylation is 1. The Morgan fingerprint density at radius 1 is 1.32 bits per heavy atom. The second-order valence-corrected chi connectivity index (χ2v) is 7.40. The second kappa shape index (κ2) is 5.65. The van der Waals surface area contributed by atoms with E-state index in [2.05, 4.69) is 40.2 Å². The Morgan fingerprint density at radius 3 is 3.00 bits per heavy atom. The van der Waals surface area contributed by atoms with Gasteiger partial charge in [-0.2, -0.15) is 0 Å². The first kappa shape index (κ1) is 13.2. The Morgan fingerprint density at radius 2 is 2.21 bits per heavy atom. The van der Waals surface area contributed by atoms with Crippen LogP contribution in [-0.4, -0.2) is 0 Å². The molecule has 0 saturated heterocycles. The maximum absolute atomic E-state index is 6.17. The molecule has 1 aromatic heterocycles. The third-order valence-corrected chi connectivity index (χ3v) is 5.09. The fraction of sp³-hybridized carbons (Fsp3) is 0.333. The lowest BCUT2D eigenvalue weighted by molar-refractivity contribution is 0.309. The van der Waals surface area contributed by atoms with E-state index in [1.165, 1.54) is 22.4 Å². The number of hydrogen-bond acceptors (Lipinski definition) is 3. The average molecular weight is 338 g/mol. The van der Waals surface area contributed by atoms with E-state index in [9.17, 15) is 0 Å². The third kappa shape index (κ3) is 3.02. The number of benzene rings is 1. The van der Waals surface area contributed by atoms with Crippen LogP contribution in [0.1, 0.15) is 34.9 Å². The van der Waals surface area contributed by atoms with Crippen molar-refractivity contribution < 1.29 is 4.74 Å². The summed E-state index contributed by atoms with van der Waals surface area (Å²) in [6, 6.07) is 10.6. The molecule has 1 aliphatic rings. The molecule has 0 saturated carbocycles. The van der Waals surface area contributed by atoms with E-state index in [0.717, 1.165) is 22.4 Å². The van der Waals surface area contributed by atoms with Crippen LogP contribution in [0.15, 0.2) is 34.1 Å². The van der Waals surface area contributed by atoms with Gasteiger partial charge in [0.2, 0.25) is 0 Å². The summed E-state index contributed by atoms with van der Waals surface area (Å²) in [5, 5.41) is 0. The van der Waals surface area contributed by atoms with Gasteiger partial charge in [-0.3, -0.25) is 0 Å². The van der Waals surface area contributed by atoms with E-state index in [1.54, 1.807) is 11.3 Å². The van der Waals surface area contributed by atoms with Gasteiger partial charge in [0.1, 0.15) is 12.4 Å². The molecule has 1 atom stereocenters. The average Bonchev–Trinajstić information content (AvgIpc) is 2.83. The molecular formula is C15H16BrNOS. The second-order valence-electron chi connectivity index (χ2n) is 4.85. The lowest BCUT2D eigenvalue weighted by atomic mass is 9.88. The molecule has 100 valence electrons. The highest BCUT2D eigenvalue weighted by molar-refractivity contribution is 9.11. The summed E-state index contributed by atoms with van der Waals surface area (Å²) in [5.41, 5.74) is 8.81. The molecule has 0 bridgehead atoms. The van der Waals surface area contributed by atoms with Crippen LogP contribution in [-0.2, 0) is 13.0 Å². The number of rotatable bonds is 3. The summed E-state index contributed by atoms with van der Waals surface area (Å²) in [6.45, 7) is 0.615. The van der Waals surface area contributed by atoms with Crippen molar-refractivity contribution in [1.29, 1.82) is 0 Å². The topological polar surface area (TPSA) is 35.2 Å². The molecule has 2 nitrogen and oxygen atoms in total. The molecule has 1 heterocycles. The molecule has 2 aromatic rings. The third-order valence-electron chi connectivity index (χ3n) is 3.49. The molecule has 1 aliphatic carbocycles. The van der Waals surface area contributed by atoms with Crippen molar-refractivity contribution in [2.75, 3.05) is 0 Å². The van der Waals surface area contributed by atoms with Gasteiger partial charge in [-0.15, -0.1) is 11.3 Å². The zero-order valence-electron chi connectivity index (χ0n) is 10.6. The van der Waals surface area contributed by atoms with Crippen molar-refractivity contribution >= 4 is 27.3 Å². The lowest BCUT2D eigenvalue weighted by Crippen LogP contribution is -2.17. The van der Waals surface area contributed by atoms with Crippen molar-refractivity contribution in [3.63, 3.8) is 0 Å². The molecule has 2 N–H and O–H groups in total. The van der Waals surface area contributed by atoms with Crippen LogP contribution in [0.4, 0.5) is 0 Å². The zero-order chi connectivity index (χ0) is 13.2. The molecule has 4 heteroatoms. The molecule has 0 aliphatic heterocycles. The molecule has 1 unspecified atom stereocenters. The van der Waals surface area contributed by atoms with Gasteiger partial charge in [-0.1, -0.05) is 6.07 Å². The summed E-state index contributed by atoms with van der Waals surface area (Å²) in [5.74, 6) is 0.917. The molecule has 3 rings (SSSR count). The molecule has 0 spiro atoms. The van der Waals surface area contributed by atoms with E-state index >= 15 is 0 Å². The summed E-state index contributed by atoms with van der Waals surface area (Å²) in [4.78, 5) is 1.22. The Hall–Kier alpha value is -0.840. The number of hydrogen-bond donors (Lipinski definition) is 1. The van der Waals surface area contributed by atoms with Crippen LogP contribution in [0.2, 0.25) is 0 Å². The molecule has 19 heavy (non-hydrogen) atoms. The maximum atomic E-state index is 6.17.